The number of para-hydroxylation sites is 2. The van der Waals surface area contributed by atoms with Crippen LogP contribution in [-0.4, -0.2) is 19.7 Å². The van der Waals surface area contributed by atoms with E-state index in [0.717, 1.165) is 0 Å². The third-order valence-corrected chi connectivity index (χ3v) is 3.77. The number of methoxy groups -OCH3 is 1. The number of rotatable bonds is 7. The van der Waals surface area contributed by atoms with Crippen molar-refractivity contribution < 1.29 is 23.4 Å². The van der Waals surface area contributed by atoms with Gasteiger partial charge in [0.15, 0.2) is 11.5 Å². The normalized spacial score (nSPS) is 10.2. The Kier molecular flexibility index (Phi) is 6.40. The lowest BCUT2D eigenvalue weighted by molar-refractivity contribution is -0.145. The maximum absolute atomic E-state index is 13.0. The zero-order valence-electron chi connectivity index (χ0n) is 12.6. The van der Waals surface area contributed by atoms with Crippen molar-refractivity contribution in [3.63, 3.8) is 0 Å². The molecule has 0 spiro atoms. The lowest BCUT2D eigenvalue weighted by Crippen LogP contribution is -2.10. The van der Waals surface area contributed by atoms with E-state index in [0.29, 0.717) is 21.5 Å². The van der Waals surface area contributed by atoms with Crippen molar-refractivity contribution in [2.45, 2.75) is 13.0 Å². The van der Waals surface area contributed by atoms with E-state index < -0.39 is 5.97 Å². The predicted molar refractivity (Wildman–Crippen MR) is 87.0 cm³/mol. The van der Waals surface area contributed by atoms with Gasteiger partial charge in [-0.05, 0) is 24.3 Å². The quantitative estimate of drug-likeness (QED) is 0.676. The summed E-state index contributed by atoms with van der Waals surface area (Å²) >= 11 is 3.23. The first-order chi connectivity index (χ1) is 11.1. The van der Waals surface area contributed by atoms with Gasteiger partial charge in [0.2, 0.25) is 0 Å². The van der Waals surface area contributed by atoms with Gasteiger partial charge < -0.3 is 14.2 Å². The molecular weight excluding hydrogens is 367 g/mol. The molecule has 0 saturated heterocycles. The Balaban J connectivity index is 1.77. The van der Waals surface area contributed by atoms with Crippen LogP contribution in [0.2, 0.25) is 0 Å². The first kappa shape index (κ1) is 17.3. The third kappa shape index (κ3) is 5.25. The summed E-state index contributed by atoms with van der Waals surface area (Å²) < 4.78 is 29.3. The molecule has 2 rings (SSSR count). The summed E-state index contributed by atoms with van der Waals surface area (Å²) in [5.74, 6) is 0.438. The maximum atomic E-state index is 13.0. The molecule has 0 fully saturated rings. The summed E-state index contributed by atoms with van der Waals surface area (Å²) in [5.41, 5.74) is 0.699. The van der Waals surface area contributed by atoms with Crippen molar-refractivity contribution in [1.29, 1.82) is 0 Å². The number of esters is 1. The van der Waals surface area contributed by atoms with Crippen molar-refractivity contribution in [2.24, 2.45) is 0 Å². The summed E-state index contributed by atoms with van der Waals surface area (Å²) in [6.07, 6.45) is 0.108. The van der Waals surface area contributed by atoms with E-state index in [-0.39, 0.29) is 25.5 Å². The Bertz CT molecular complexity index is 675. The second-order valence-corrected chi connectivity index (χ2v) is 5.50. The van der Waals surface area contributed by atoms with Gasteiger partial charge in [-0.25, -0.2) is 4.39 Å². The summed E-state index contributed by atoms with van der Waals surface area (Å²) in [7, 11) is 1.55. The highest BCUT2D eigenvalue weighted by Crippen LogP contribution is 2.25. The van der Waals surface area contributed by atoms with E-state index >= 15 is 0 Å². The first-order valence-electron chi connectivity index (χ1n) is 6.95. The predicted octanol–water partition coefficient (Wildman–Crippen LogP) is 4.11. The van der Waals surface area contributed by atoms with Gasteiger partial charge in [0.25, 0.3) is 0 Å². The molecule has 0 atom stereocenters. The highest BCUT2D eigenvalue weighted by atomic mass is 79.9. The SMILES string of the molecule is COc1ccccc1OCCC(=O)OCc1ccc(F)cc1Br. The second-order valence-electron chi connectivity index (χ2n) is 4.65. The molecule has 0 radical (unpaired) electrons. The molecule has 0 aliphatic heterocycles. The van der Waals surface area contributed by atoms with Crippen molar-refractivity contribution in [3.8, 4) is 11.5 Å². The van der Waals surface area contributed by atoms with E-state index in [9.17, 15) is 9.18 Å². The Morgan fingerprint density at radius 3 is 2.61 bits per heavy atom. The Morgan fingerprint density at radius 1 is 1.17 bits per heavy atom. The summed E-state index contributed by atoms with van der Waals surface area (Å²) in [5, 5.41) is 0. The minimum atomic E-state index is -0.392. The molecule has 0 bridgehead atoms. The fourth-order valence-electron chi connectivity index (χ4n) is 1.85. The van der Waals surface area contributed by atoms with Crippen LogP contribution in [0.3, 0.4) is 0 Å². The highest BCUT2D eigenvalue weighted by Gasteiger charge is 2.08. The van der Waals surface area contributed by atoms with Gasteiger partial charge in [0, 0.05) is 10.0 Å². The van der Waals surface area contributed by atoms with Crippen LogP contribution < -0.4 is 9.47 Å². The van der Waals surface area contributed by atoms with Crippen LogP contribution >= 0.6 is 15.9 Å². The fourth-order valence-corrected chi connectivity index (χ4v) is 2.32. The fraction of sp³-hybridized carbons (Fsp3) is 0.235. The molecule has 23 heavy (non-hydrogen) atoms. The van der Waals surface area contributed by atoms with Gasteiger partial charge in [-0.3, -0.25) is 4.79 Å². The molecule has 0 unspecified atom stereocenters. The number of carbonyl (C=O) groups is 1. The van der Waals surface area contributed by atoms with Gasteiger partial charge in [-0.1, -0.05) is 34.1 Å². The Morgan fingerprint density at radius 2 is 1.91 bits per heavy atom. The zero-order chi connectivity index (χ0) is 16.7. The van der Waals surface area contributed by atoms with Crippen LogP contribution in [0.1, 0.15) is 12.0 Å². The third-order valence-electron chi connectivity index (χ3n) is 3.04. The molecule has 0 N–H and O–H groups in total. The summed E-state index contributed by atoms with van der Waals surface area (Å²) in [4.78, 5) is 11.7. The van der Waals surface area contributed by atoms with E-state index in [1.165, 1.54) is 12.1 Å². The lowest BCUT2D eigenvalue weighted by Gasteiger charge is -2.10. The minimum absolute atomic E-state index is 0.0777. The van der Waals surface area contributed by atoms with Gasteiger partial charge in [0.1, 0.15) is 12.4 Å². The van der Waals surface area contributed by atoms with Crippen LogP contribution in [0.15, 0.2) is 46.9 Å². The number of ether oxygens (including phenoxy) is 3. The van der Waals surface area contributed by atoms with Crippen LogP contribution in [0, 0.1) is 5.82 Å². The van der Waals surface area contributed by atoms with E-state index in [4.69, 9.17) is 14.2 Å². The molecule has 0 heterocycles. The Hall–Kier alpha value is -2.08. The lowest BCUT2D eigenvalue weighted by atomic mass is 10.2. The smallest absolute Gasteiger partial charge is 0.309 e. The molecular formula is C17H16BrFO4. The van der Waals surface area contributed by atoms with Crippen LogP contribution in [-0.2, 0) is 16.1 Å². The molecule has 0 amide bonds. The second kappa shape index (κ2) is 8.53. The van der Waals surface area contributed by atoms with Crippen LogP contribution in [0.4, 0.5) is 4.39 Å². The van der Waals surface area contributed by atoms with Gasteiger partial charge in [0.05, 0.1) is 20.1 Å². The highest BCUT2D eigenvalue weighted by molar-refractivity contribution is 9.10. The molecule has 2 aromatic rings. The average molecular weight is 383 g/mol. The monoisotopic (exact) mass is 382 g/mol. The van der Waals surface area contributed by atoms with Gasteiger partial charge in [-0.15, -0.1) is 0 Å². The molecule has 0 saturated carbocycles. The molecule has 2 aromatic carbocycles. The standard InChI is InChI=1S/C17H16BrFO4/c1-21-15-4-2-3-5-16(15)22-9-8-17(20)23-11-12-6-7-13(19)10-14(12)18/h2-7,10H,8-9,11H2,1H3. The van der Waals surface area contributed by atoms with E-state index in [1.807, 2.05) is 12.1 Å². The van der Waals surface area contributed by atoms with Crippen LogP contribution in [0.5, 0.6) is 11.5 Å². The number of hydrogen-bond donors (Lipinski definition) is 0. The number of halogens is 2. The zero-order valence-corrected chi connectivity index (χ0v) is 14.1. The topological polar surface area (TPSA) is 44.8 Å². The number of hydrogen-bond acceptors (Lipinski definition) is 4. The van der Waals surface area contributed by atoms with Crippen molar-refractivity contribution in [3.05, 3.63) is 58.3 Å². The summed E-state index contributed by atoms with van der Waals surface area (Å²) in [6.45, 7) is 0.262. The minimum Gasteiger partial charge on any atom is -0.493 e. The summed E-state index contributed by atoms with van der Waals surface area (Å²) in [6, 6.07) is 11.4. The first-order valence-corrected chi connectivity index (χ1v) is 7.75. The molecule has 0 aromatic heterocycles. The van der Waals surface area contributed by atoms with Gasteiger partial charge >= 0.3 is 5.97 Å². The van der Waals surface area contributed by atoms with Crippen molar-refractivity contribution in [2.75, 3.05) is 13.7 Å². The number of carbonyl (C=O) groups excluding carboxylic acids is 1. The van der Waals surface area contributed by atoms with Gasteiger partial charge in [-0.2, -0.15) is 0 Å². The van der Waals surface area contributed by atoms with E-state index in [2.05, 4.69) is 15.9 Å². The van der Waals surface area contributed by atoms with Crippen molar-refractivity contribution in [1.82, 2.24) is 0 Å². The average Bonchev–Trinajstić information content (AvgIpc) is 2.54. The number of benzene rings is 2. The molecule has 6 heteroatoms. The largest absolute Gasteiger partial charge is 0.493 e. The van der Waals surface area contributed by atoms with Crippen LogP contribution in [0.25, 0.3) is 0 Å². The van der Waals surface area contributed by atoms with E-state index in [1.54, 1.807) is 25.3 Å². The molecule has 4 nitrogen and oxygen atoms in total. The molecule has 122 valence electrons. The molecule has 0 aliphatic rings. The maximum Gasteiger partial charge on any atom is 0.309 e. The molecule has 0 aliphatic carbocycles. The Labute approximate surface area is 142 Å². The van der Waals surface area contributed by atoms with Crippen molar-refractivity contribution >= 4 is 21.9 Å².